The molecule has 2 N–H and O–H groups in total. The molecule has 120 valence electrons. The number of H-pyrrole nitrogens is 2. The Bertz CT molecular complexity index is 846. The molecule has 1 aliphatic heterocycles. The summed E-state index contributed by atoms with van der Waals surface area (Å²) in [4.78, 5) is 6.61. The third kappa shape index (κ3) is 2.48. The van der Waals surface area contributed by atoms with Crippen molar-refractivity contribution in [1.29, 1.82) is 0 Å². The number of aromatic amines is 2. The van der Waals surface area contributed by atoms with Gasteiger partial charge in [-0.1, -0.05) is 0 Å². The Balaban J connectivity index is 1.74. The van der Waals surface area contributed by atoms with Crippen molar-refractivity contribution in [2.75, 3.05) is 13.2 Å². The topological polar surface area (TPSA) is 66.6 Å². The van der Waals surface area contributed by atoms with Crippen molar-refractivity contribution in [3.8, 4) is 11.3 Å². The highest BCUT2D eigenvalue weighted by molar-refractivity contribution is 5.84. The first-order valence-corrected chi connectivity index (χ1v) is 7.20. The van der Waals surface area contributed by atoms with Crippen molar-refractivity contribution >= 4 is 11.0 Å². The number of pyridine rings is 1. The molecule has 0 saturated carbocycles. The van der Waals surface area contributed by atoms with Crippen LogP contribution in [0.15, 0.2) is 24.5 Å². The summed E-state index contributed by atoms with van der Waals surface area (Å²) >= 11 is 0. The molecule has 0 bridgehead atoms. The lowest BCUT2D eigenvalue weighted by molar-refractivity contribution is -0.136. The van der Waals surface area contributed by atoms with Gasteiger partial charge >= 0.3 is 6.18 Å². The molecule has 1 atom stereocenters. The van der Waals surface area contributed by atoms with Gasteiger partial charge in [0, 0.05) is 41.6 Å². The van der Waals surface area contributed by atoms with Gasteiger partial charge in [-0.2, -0.15) is 18.3 Å². The Morgan fingerprint density at radius 1 is 1.26 bits per heavy atom. The molecule has 3 aromatic rings. The molecule has 0 radical (unpaired) electrons. The van der Waals surface area contributed by atoms with Gasteiger partial charge in [0.25, 0.3) is 0 Å². The first-order valence-electron chi connectivity index (χ1n) is 7.20. The zero-order valence-electron chi connectivity index (χ0n) is 11.9. The highest BCUT2D eigenvalue weighted by Crippen LogP contribution is 2.36. The van der Waals surface area contributed by atoms with E-state index in [1.165, 1.54) is 12.3 Å². The number of alkyl halides is 3. The van der Waals surface area contributed by atoms with Crippen molar-refractivity contribution in [3.63, 3.8) is 0 Å². The van der Waals surface area contributed by atoms with Gasteiger partial charge in [-0.3, -0.25) is 5.10 Å². The zero-order chi connectivity index (χ0) is 16.0. The quantitative estimate of drug-likeness (QED) is 0.759. The van der Waals surface area contributed by atoms with E-state index in [1.54, 1.807) is 0 Å². The number of hydrogen-bond acceptors (Lipinski definition) is 3. The summed E-state index contributed by atoms with van der Waals surface area (Å²) in [5, 5.41) is 7.19. The number of ether oxygens (including phenoxy) is 1. The summed E-state index contributed by atoms with van der Waals surface area (Å²) in [6.07, 6.45) is -1.05. The van der Waals surface area contributed by atoms with Gasteiger partial charge in [0.2, 0.25) is 0 Å². The van der Waals surface area contributed by atoms with Crippen LogP contribution < -0.4 is 0 Å². The molecule has 0 amide bonds. The molecule has 1 fully saturated rings. The van der Waals surface area contributed by atoms with Gasteiger partial charge in [0.1, 0.15) is 5.65 Å². The summed E-state index contributed by atoms with van der Waals surface area (Å²) in [7, 11) is 0. The average molecular weight is 322 g/mol. The van der Waals surface area contributed by atoms with E-state index in [0.717, 1.165) is 18.3 Å². The summed E-state index contributed by atoms with van der Waals surface area (Å²) in [6.45, 7) is 1.35. The van der Waals surface area contributed by atoms with Crippen LogP contribution in [0.25, 0.3) is 22.3 Å². The molecule has 23 heavy (non-hydrogen) atoms. The maximum Gasteiger partial charge on any atom is 0.418 e. The second-order valence-corrected chi connectivity index (χ2v) is 5.59. The molecular formula is C15H13F3N4O. The van der Waals surface area contributed by atoms with Gasteiger partial charge in [0.05, 0.1) is 17.9 Å². The van der Waals surface area contributed by atoms with E-state index >= 15 is 0 Å². The van der Waals surface area contributed by atoms with E-state index in [1.807, 2.05) is 6.07 Å². The Hall–Kier alpha value is -2.35. The van der Waals surface area contributed by atoms with Crippen LogP contribution in [-0.4, -0.2) is 33.4 Å². The Labute approximate surface area is 128 Å². The third-order valence-corrected chi connectivity index (χ3v) is 4.10. The van der Waals surface area contributed by atoms with E-state index in [9.17, 15) is 13.2 Å². The maximum atomic E-state index is 13.0. The molecule has 0 unspecified atom stereocenters. The van der Waals surface area contributed by atoms with Crippen LogP contribution in [0.4, 0.5) is 13.2 Å². The minimum Gasteiger partial charge on any atom is -0.381 e. The van der Waals surface area contributed by atoms with Gasteiger partial charge in [-0.05, 0) is 18.6 Å². The first kappa shape index (κ1) is 14.3. The van der Waals surface area contributed by atoms with Crippen molar-refractivity contribution in [2.24, 2.45) is 0 Å². The fourth-order valence-corrected chi connectivity index (χ4v) is 2.85. The van der Waals surface area contributed by atoms with Crippen LogP contribution in [-0.2, 0) is 10.9 Å². The number of halogens is 3. The normalized spacial score (nSPS) is 18.8. The molecule has 0 aliphatic carbocycles. The highest BCUT2D eigenvalue weighted by atomic mass is 19.4. The van der Waals surface area contributed by atoms with E-state index in [4.69, 9.17) is 4.74 Å². The van der Waals surface area contributed by atoms with Crippen LogP contribution in [0.3, 0.4) is 0 Å². The predicted molar refractivity (Wildman–Crippen MR) is 76.9 cm³/mol. The summed E-state index contributed by atoms with van der Waals surface area (Å²) < 4.78 is 44.4. The van der Waals surface area contributed by atoms with E-state index < -0.39 is 11.7 Å². The molecule has 0 aromatic carbocycles. The number of rotatable bonds is 2. The standard InChI is InChI=1S/C15H13F3N4O/c16-15(17,18)11-6-20-14-10(11)3-9(5-19-14)13-4-12(21-22-13)8-1-2-23-7-8/h3-6,8H,1-2,7H2,(H,19,20)(H,21,22)/t8-/m0/s1. The predicted octanol–water partition coefficient (Wildman–Crippen LogP) is 3.48. The fraction of sp³-hybridized carbons (Fsp3) is 0.333. The lowest BCUT2D eigenvalue weighted by Crippen LogP contribution is -2.03. The number of hydrogen-bond donors (Lipinski definition) is 2. The van der Waals surface area contributed by atoms with Crippen LogP contribution in [0, 0.1) is 0 Å². The Morgan fingerprint density at radius 2 is 2.13 bits per heavy atom. The molecule has 4 heterocycles. The number of fused-ring (bicyclic) bond motifs is 1. The third-order valence-electron chi connectivity index (χ3n) is 4.10. The Morgan fingerprint density at radius 3 is 2.87 bits per heavy atom. The average Bonchev–Trinajstić information content (AvgIpc) is 3.24. The maximum absolute atomic E-state index is 13.0. The zero-order valence-corrected chi connectivity index (χ0v) is 11.9. The molecule has 0 spiro atoms. The molecule has 3 aromatic heterocycles. The fourth-order valence-electron chi connectivity index (χ4n) is 2.85. The smallest absolute Gasteiger partial charge is 0.381 e. The van der Waals surface area contributed by atoms with Crippen molar-refractivity contribution in [2.45, 2.75) is 18.5 Å². The second-order valence-electron chi connectivity index (χ2n) is 5.59. The SMILES string of the molecule is FC(F)(F)c1c[nH]c2ncc(-c3cc([C@H]4CCOC4)[nH]n3)cc12. The lowest BCUT2D eigenvalue weighted by Gasteiger charge is -2.04. The molecule has 8 heteroatoms. The minimum absolute atomic E-state index is 0.0451. The van der Waals surface area contributed by atoms with Crippen molar-refractivity contribution in [1.82, 2.24) is 20.2 Å². The Kier molecular flexibility index (Phi) is 3.15. The second kappa shape index (κ2) is 5.09. The summed E-state index contributed by atoms with van der Waals surface area (Å²) in [5.41, 5.74) is 1.55. The van der Waals surface area contributed by atoms with Crippen LogP contribution in [0.2, 0.25) is 0 Å². The van der Waals surface area contributed by atoms with Gasteiger partial charge in [-0.15, -0.1) is 0 Å². The molecule has 1 saturated heterocycles. The van der Waals surface area contributed by atoms with Crippen LogP contribution in [0.5, 0.6) is 0 Å². The van der Waals surface area contributed by atoms with E-state index in [0.29, 0.717) is 24.5 Å². The van der Waals surface area contributed by atoms with Gasteiger partial charge < -0.3 is 9.72 Å². The van der Waals surface area contributed by atoms with E-state index in [-0.39, 0.29) is 17.0 Å². The number of nitrogens with one attached hydrogen (secondary N) is 2. The first-order chi connectivity index (χ1) is 11.0. The van der Waals surface area contributed by atoms with Gasteiger partial charge in [-0.25, -0.2) is 4.98 Å². The number of nitrogens with zero attached hydrogens (tertiary/aromatic N) is 2. The van der Waals surface area contributed by atoms with Gasteiger partial charge in [0.15, 0.2) is 0 Å². The van der Waals surface area contributed by atoms with Crippen LogP contribution in [0.1, 0.15) is 23.6 Å². The largest absolute Gasteiger partial charge is 0.418 e. The monoisotopic (exact) mass is 322 g/mol. The molecule has 4 rings (SSSR count). The summed E-state index contributed by atoms with van der Waals surface area (Å²) in [6, 6.07) is 3.31. The number of aromatic nitrogens is 4. The highest BCUT2D eigenvalue weighted by Gasteiger charge is 2.34. The minimum atomic E-state index is -4.42. The van der Waals surface area contributed by atoms with E-state index in [2.05, 4.69) is 20.2 Å². The molecule has 5 nitrogen and oxygen atoms in total. The molecular weight excluding hydrogens is 309 g/mol. The lowest BCUT2D eigenvalue weighted by atomic mass is 10.0. The molecule has 1 aliphatic rings. The van der Waals surface area contributed by atoms with Crippen molar-refractivity contribution in [3.05, 3.63) is 35.8 Å². The summed E-state index contributed by atoms with van der Waals surface area (Å²) in [5.74, 6) is 0.255. The van der Waals surface area contributed by atoms with Crippen molar-refractivity contribution < 1.29 is 17.9 Å². The van der Waals surface area contributed by atoms with Crippen LogP contribution >= 0.6 is 0 Å².